The number of hydrogen-bond donors (Lipinski definition) is 2. The molecule has 0 aliphatic carbocycles. The SMILES string of the molecule is CCCCCCCCCCCCCCCCCCN(CCCCCCCCCCCCCCCCCC)C(=O)CNC(=O)CCCCCNC(=O)CN1CCN(CC(=O)[O-])CCN(CC(=O)[O-])CCN(CC(=O)[O-])CC1.[Gd+3]. The van der Waals surface area contributed by atoms with E-state index >= 15 is 0 Å². The summed E-state index contributed by atoms with van der Waals surface area (Å²) in [6.07, 6.45) is 44.2. The van der Waals surface area contributed by atoms with Crippen LogP contribution in [0.2, 0.25) is 0 Å². The summed E-state index contributed by atoms with van der Waals surface area (Å²) >= 11 is 0. The summed E-state index contributed by atoms with van der Waals surface area (Å²) in [6.45, 7) is 7.43. The van der Waals surface area contributed by atoms with E-state index in [2.05, 4.69) is 24.5 Å². The molecule has 1 aliphatic rings. The third-order valence-electron chi connectivity index (χ3n) is 15.1. The van der Waals surface area contributed by atoms with Crippen molar-refractivity contribution in [2.45, 2.75) is 245 Å². The van der Waals surface area contributed by atoms with E-state index in [1.54, 1.807) is 14.7 Å². The van der Waals surface area contributed by atoms with Gasteiger partial charge in [-0.3, -0.25) is 34.0 Å². The molecule has 0 saturated carbocycles. The molecule has 16 nitrogen and oxygen atoms in total. The van der Waals surface area contributed by atoms with Crippen molar-refractivity contribution in [1.29, 1.82) is 0 Å². The predicted octanol–water partition coefficient (Wildman–Crippen LogP) is 6.60. The topological polar surface area (TPSA) is 212 Å². The summed E-state index contributed by atoms with van der Waals surface area (Å²) in [5, 5.41) is 40.1. The minimum absolute atomic E-state index is 0. The summed E-state index contributed by atoms with van der Waals surface area (Å²) < 4.78 is 0. The third kappa shape index (κ3) is 49.5. The zero-order chi connectivity index (χ0) is 55.5. The van der Waals surface area contributed by atoms with Crippen LogP contribution >= 0.6 is 0 Å². The van der Waals surface area contributed by atoms with Crippen molar-refractivity contribution < 1.29 is 84.0 Å². The van der Waals surface area contributed by atoms with Gasteiger partial charge < -0.3 is 45.2 Å². The first-order valence-corrected chi connectivity index (χ1v) is 31.2. The monoisotopic (exact) mass is 1230 g/mol. The van der Waals surface area contributed by atoms with Crippen molar-refractivity contribution in [1.82, 2.24) is 35.1 Å². The van der Waals surface area contributed by atoms with Gasteiger partial charge in [-0.05, 0) is 25.7 Å². The number of carbonyl (C=O) groups excluding carboxylic acids is 6. The fourth-order valence-electron chi connectivity index (χ4n) is 10.3. The quantitative estimate of drug-likeness (QED) is 0.0616. The maximum atomic E-state index is 13.5. The van der Waals surface area contributed by atoms with E-state index in [0.29, 0.717) is 45.3 Å². The van der Waals surface area contributed by atoms with Crippen LogP contribution in [0.15, 0.2) is 0 Å². The Labute approximate surface area is 501 Å². The first-order valence-electron chi connectivity index (χ1n) is 31.2. The Kier molecular flexibility index (Phi) is 53.1. The van der Waals surface area contributed by atoms with Crippen LogP contribution in [0, 0.1) is 39.9 Å². The molecule has 3 amide bonds. The number of hydrogen-bond acceptors (Lipinski definition) is 13. The molecule has 0 aromatic rings. The smallest absolute Gasteiger partial charge is 0.549 e. The van der Waals surface area contributed by atoms with Crippen LogP contribution in [-0.4, -0.2) is 165 Å². The van der Waals surface area contributed by atoms with Crippen molar-refractivity contribution in [2.75, 3.05) is 105 Å². The molecule has 1 rings (SSSR count). The van der Waals surface area contributed by atoms with Gasteiger partial charge in [0.1, 0.15) is 0 Å². The van der Waals surface area contributed by atoms with Crippen LogP contribution in [0.3, 0.4) is 0 Å². The maximum absolute atomic E-state index is 13.5. The van der Waals surface area contributed by atoms with Crippen LogP contribution < -0.4 is 26.0 Å². The fourth-order valence-corrected chi connectivity index (χ4v) is 10.3. The standard InChI is InChI=1S/C60H115N7O9.Gd/c1-3-5-7-9-11-13-15-17-19-21-23-25-27-29-31-36-40-67(41-37-32-30-28-26-24-22-20-18-16-14-12-10-8-6-4-2)57(70)50-62-55(68)38-34-33-35-39-61-56(69)51-63-42-44-64(52-58(71)72)46-48-66(54-60(75)76)49-47-65(45-43-63)53-59(73)74;/h3-54H2,1-2H3,(H,61,69)(H,62,68)(H,71,72)(H,73,74)(H,75,76);/q;+3/p-3. The summed E-state index contributed by atoms with van der Waals surface area (Å²) in [5.74, 6) is -4.22. The molecule has 2 N–H and O–H groups in total. The zero-order valence-electron chi connectivity index (χ0n) is 49.0. The molecule has 0 unspecified atom stereocenters. The van der Waals surface area contributed by atoms with E-state index in [0.717, 1.165) is 38.8 Å². The van der Waals surface area contributed by atoms with Gasteiger partial charge in [-0.1, -0.05) is 213 Å². The van der Waals surface area contributed by atoms with Crippen molar-refractivity contribution >= 4 is 35.6 Å². The normalized spacial score (nSPS) is 14.3. The van der Waals surface area contributed by atoms with Crippen molar-refractivity contribution in [2.24, 2.45) is 0 Å². The number of nitrogens with zero attached hydrogens (tertiary/aromatic N) is 5. The molecular formula is C60H112GdN7O9. The second-order valence-electron chi connectivity index (χ2n) is 22.1. The molecule has 0 atom stereocenters. The van der Waals surface area contributed by atoms with Crippen LogP contribution in [0.5, 0.6) is 0 Å². The Bertz CT molecular complexity index is 1400. The van der Waals surface area contributed by atoms with E-state index in [9.17, 15) is 44.1 Å². The number of carboxylic acid groups (broad SMARTS) is 3. The van der Waals surface area contributed by atoms with E-state index in [1.165, 1.54) is 180 Å². The zero-order valence-corrected chi connectivity index (χ0v) is 51.3. The number of nitrogens with one attached hydrogen (secondary N) is 2. The molecule has 1 saturated heterocycles. The van der Waals surface area contributed by atoms with Gasteiger partial charge in [0.05, 0.1) is 31.0 Å². The molecule has 0 aromatic carbocycles. The Morgan fingerprint density at radius 3 is 0.922 bits per heavy atom. The van der Waals surface area contributed by atoms with Gasteiger partial charge in [0.15, 0.2) is 0 Å². The Hall–Kier alpha value is -2.02. The average molecular weight is 1230 g/mol. The summed E-state index contributed by atoms with van der Waals surface area (Å²) in [4.78, 5) is 82.4. The molecule has 0 aromatic heterocycles. The Morgan fingerprint density at radius 2 is 0.623 bits per heavy atom. The minimum atomic E-state index is -1.29. The number of rotatable bonds is 50. The van der Waals surface area contributed by atoms with Gasteiger partial charge in [-0.2, -0.15) is 0 Å². The van der Waals surface area contributed by atoms with Gasteiger partial charge in [0.2, 0.25) is 17.7 Å². The molecule has 1 heterocycles. The van der Waals surface area contributed by atoms with Crippen LogP contribution in [0.4, 0.5) is 0 Å². The number of amides is 3. The molecule has 0 bridgehead atoms. The number of carbonyl (C=O) groups is 6. The molecule has 17 heteroatoms. The summed E-state index contributed by atoms with van der Waals surface area (Å²) in [6, 6.07) is 0. The first-order chi connectivity index (χ1) is 36.9. The molecule has 449 valence electrons. The van der Waals surface area contributed by atoms with Crippen molar-refractivity contribution in [3.05, 3.63) is 0 Å². The van der Waals surface area contributed by atoms with Crippen molar-refractivity contribution in [3.63, 3.8) is 0 Å². The second kappa shape index (κ2) is 54.6. The van der Waals surface area contributed by atoms with E-state index in [4.69, 9.17) is 0 Å². The fraction of sp³-hybridized carbons (Fsp3) is 0.900. The number of unbranched alkanes of at least 4 members (excludes halogenated alkanes) is 32. The molecule has 0 spiro atoms. The molecule has 1 radical (unpaired) electrons. The van der Waals surface area contributed by atoms with Crippen LogP contribution in [-0.2, 0) is 28.8 Å². The van der Waals surface area contributed by atoms with Gasteiger partial charge in [-0.15, -0.1) is 0 Å². The third-order valence-corrected chi connectivity index (χ3v) is 15.1. The van der Waals surface area contributed by atoms with Crippen LogP contribution in [0.25, 0.3) is 0 Å². The van der Waals surface area contributed by atoms with Gasteiger partial charge in [-0.25, -0.2) is 0 Å². The predicted molar refractivity (Wildman–Crippen MR) is 301 cm³/mol. The minimum Gasteiger partial charge on any atom is -0.549 e. The Morgan fingerprint density at radius 1 is 0.351 bits per heavy atom. The van der Waals surface area contributed by atoms with Gasteiger partial charge >= 0.3 is 39.9 Å². The van der Waals surface area contributed by atoms with E-state index < -0.39 is 17.9 Å². The molecular weight excluding hydrogens is 1120 g/mol. The number of aliphatic carboxylic acids is 3. The van der Waals surface area contributed by atoms with E-state index in [1.807, 2.05) is 9.80 Å². The number of carboxylic acids is 3. The molecule has 1 aliphatic heterocycles. The summed E-state index contributed by atoms with van der Waals surface area (Å²) in [7, 11) is 0. The van der Waals surface area contributed by atoms with Crippen LogP contribution in [0.1, 0.15) is 245 Å². The molecule has 1 fully saturated rings. The van der Waals surface area contributed by atoms with Gasteiger partial charge in [0, 0.05) is 98.0 Å². The largest absolute Gasteiger partial charge is 3.00 e. The van der Waals surface area contributed by atoms with Gasteiger partial charge in [0.25, 0.3) is 0 Å². The van der Waals surface area contributed by atoms with Crippen molar-refractivity contribution in [3.8, 4) is 0 Å². The molecule has 77 heavy (non-hydrogen) atoms. The van der Waals surface area contributed by atoms with E-state index in [-0.39, 0.29) is 130 Å². The second-order valence-corrected chi connectivity index (χ2v) is 22.1. The average Bonchev–Trinajstić information content (AvgIpc) is 3.38. The summed E-state index contributed by atoms with van der Waals surface area (Å²) in [5.41, 5.74) is 0. The first kappa shape index (κ1) is 75.0. The maximum Gasteiger partial charge on any atom is 3.00 e. The Balaban J connectivity index is 0.0000578.